The SMILES string of the molecule is COc1ccccc1NC(=O)C(C)(C)C(=O)Nc1cc(C)cc(C)c1. The molecular formula is C20H24N2O3. The third-order valence-corrected chi connectivity index (χ3v) is 3.97. The van der Waals surface area contributed by atoms with Crippen LogP contribution in [0.4, 0.5) is 11.4 Å². The Morgan fingerprint density at radius 2 is 1.48 bits per heavy atom. The van der Waals surface area contributed by atoms with E-state index in [4.69, 9.17) is 4.74 Å². The summed E-state index contributed by atoms with van der Waals surface area (Å²) in [5.74, 6) is -0.231. The third kappa shape index (κ3) is 4.38. The van der Waals surface area contributed by atoms with Crippen LogP contribution in [-0.2, 0) is 9.59 Å². The van der Waals surface area contributed by atoms with Crippen LogP contribution in [0, 0.1) is 19.3 Å². The van der Waals surface area contributed by atoms with E-state index in [1.807, 2.05) is 38.1 Å². The number of carbonyl (C=O) groups is 2. The van der Waals surface area contributed by atoms with Gasteiger partial charge in [0, 0.05) is 5.69 Å². The highest BCUT2D eigenvalue weighted by Gasteiger charge is 2.36. The van der Waals surface area contributed by atoms with Crippen molar-refractivity contribution in [1.82, 2.24) is 0 Å². The summed E-state index contributed by atoms with van der Waals surface area (Å²) in [4.78, 5) is 25.3. The van der Waals surface area contributed by atoms with Gasteiger partial charge < -0.3 is 15.4 Å². The average Bonchev–Trinajstić information content (AvgIpc) is 2.54. The first kappa shape index (κ1) is 18.5. The van der Waals surface area contributed by atoms with Gasteiger partial charge in [-0.3, -0.25) is 9.59 Å². The molecule has 0 saturated carbocycles. The van der Waals surface area contributed by atoms with E-state index in [0.717, 1.165) is 11.1 Å². The lowest BCUT2D eigenvalue weighted by molar-refractivity contribution is -0.135. The monoisotopic (exact) mass is 340 g/mol. The molecule has 0 aliphatic carbocycles. The molecule has 0 bridgehead atoms. The van der Waals surface area contributed by atoms with Gasteiger partial charge in [0.25, 0.3) is 0 Å². The van der Waals surface area contributed by atoms with Crippen LogP contribution in [0.5, 0.6) is 5.75 Å². The van der Waals surface area contributed by atoms with Crippen LogP contribution in [0.25, 0.3) is 0 Å². The summed E-state index contributed by atoms with van der Waals surface area (Å²) < 4.78 is 5.23. The number of ether oxygens (including phenoxy) is 1. The van der Waals surface area contributed by atoms with Crippen LogP contribution in [0.1, 0.15) is 25.0 Å². The molecule has 132 valence electrons. The fourth-order valence-corrected chi connectivity index (χ4v) is 2.46. The molecule has 0 heterocycles. The van der Waals surface area contributed by atoms with E-state index in [0.29, 0.717) is 17.1 Å². The Hall–Kier alpha value is -2.82. The van der Waals surface area contributed by atoms with Gasteiger partial charge in [-0.25, -0.2) is 0 Å². The molecule has 0 fully saturated rings. The molecule has 2 aromatic rings. The van der Waals surface area contributed by atoms with Crippen molar-refractivity contribution in [3.63, 3.8) is 0 Å². The van der Waals surface area contributed by atoms with Crippen LogP contribution in [0.2, 0.25) is 0 Å². The van der Waals surface area contributed by atoms with Gasteiger partial charge in [-0.1, -0.05) is 18.2 Å². The molecular weight excluding hydrogens is 316 g/mol. The van der Waals surface area contributed by atoms with E-state index in [1.165, 1.54) is 7.11 Å². The Bertz CT molecular complexity index is 777. The maximum atomic E-state index is 12.6. The van der Waals surface area contributed by atoms with E-state index < -0.39 is 11.3 Å². The second-order valence-electron chi connectivity index (χ2n) is 6.61. The highest BCUT2D eigenvalue weighted by atomic mass is 16.5. The Kier molecular flexibility index (Phi) is 5.47. The summed E-state index contributed by atoms with van der Waals surface area (Å²) in [5.41, 5.74) is 2.06. The molecule has 5 heteroatoms. The highest BCUT2D eigenvalue weighted by Crippen LogP contribution is 2.27. The van der Waals surface area contributed by atoms with E-state index in [9.17, 15) is 9.59 Å². The van der Waals surface area contributed by atoms with Gasteiger partial charge in [0.2, 0.25) is 11.8 Å². The van der Waals surface area contributed by atoms with Crippen molar-refractivity contribution in [3.05, 3.63) is 53.6 Å². The molecule has 0 radical (unpaired) electrons. The van der Waals surface area contributed by atoms with Gasteiger partial charge in [-0.2, -0.15) is 0 Å². The van der Waals surface area contributed by atoms with E-state index in [1.54, 1.807) is 32.0 Å². The topological polar surface area (TPSA) is 67.4 Å². The van der Waals surface area contributed by atoms with Gasteiger partial charge in [0.1, 0.15) is 11.2 Å². The summed E-state index contributed by atoms with van der Waals surface area (Å²) >= 11 is 0. The predicted octanol–water partition coefficient (Wildman–Crippen LogP) is 3.92. The second-order valence-corrected chi connectivity index (χ2v) is 6.61. The zero-order chi connectivity index (χ0) is 18.6. The molecule has 0 atom stereocenters. The smallest absolute Gasteiger partial charge is 0.239 e. The molecule has 0 aromatic heterocycles. The standard InChI is InChI=1S/C20H24N2O3/c1-13-10-14(2)12-15(11-13)21-18(23)20(3,4)19(24)22-16-8-6-7-9-17(16)25-5/h6-12H,1-5H3,(H,21,23)(H,22,24). The molecule has 5 nitrogen and oxygen atoms in total. The fraction of sp³-hybridized carbons (Fsp3) is 0.300. The number of nitrogens with one attached hydrogen (secondary N) is 2. The molecule has 2 amide bonds. The number of aryl methyl sites for hydroxylation is 2. The molecule has 0 spiro atoms. The van der Waals surface area contributed by atoms with E-state index in [-0.39, 0.29) is 5.91 Å². The van der Waals surface area contributed by atoms with Crippen molar-refractivity contribution in [3.8, 4) is 5.75 Å². The first-order valence-corrected chi connectivity index (χ1v) is 8.08. The number of hydrogen-bond acceptors (Lipinski definition) is 3. The molecule has 2 aromatic carbocycles. The number of para-hydroxylation sites is 2. The van der Waals surface area contributed by atoms with Gasteiger partial charge in [0.15, 0.2) is 0 Å². The van der Waals surface area contributed by atoms with Crippen molar-refractivity contribution in [2.45, 2.75) is 27.7 Å². The predicted molar refractivity (Wildman–Crippen MR) is 100.0 cm³/mol. The largest absolute Gasteiger partial charge is 0.495 e. The van der Waals surface area contributed by atoms with Crippen LogP contribution in [0.15, 0.2) is 42.5 Å². The van der Waals surface area contributed by atoms with Gasteiger partial charge in [0.05, 0.1) is 12.8 Å². The minimum Gasteiger partial charge on any atom is -0.495 e. The lowest BCUT2D eigenvalue weighted by Gasteiger charge is -2.23. The molecule has 2 rings (SSSR count). The van der Waals surface area contributed by atoms with Gasteiger partial charge >= 0.3 is 0 Å². The molecule has 25 heavy (non-hydrogen) atoms. The molecule has 0 aliphatic heterocycles. The van der Waals surface area contributed by atoms with Gasteiger partial charge in [-0.05, 0) is 63.1 Å². The van der Waals surface area contributed by atoms with Crippen LogP contribution >= 0.6 is 0 Å². The van der Waals surface area contributed by atoms with Crippen molar-refractivity contribution in [1.29, 1.82) is 0 Å². The zero-order valence-corrected chi connectivity index (χ0v) is 15.3. The molecule has 2 N–H and O–H groups in total. The fourth-order valence-electron chi connectivity index (χ4n) is 2.46. The number of methoxy groups -OCH3 is 1. The first-order chi connectivity index (χ1) is 11.7. The van der Waals surface area contributed by atoms with Crippen LogP contribution in [-0.4, -0.2) is 18.9 Å². The highest BCUT2D eigenvalue weighted by molar-refractivity contribution is 6.14. The maximum Gasteiger partial charge on any atom is 0.239 e. The molecule has 0 aliphatic rings. The average molecular weight is 340 g/mol. The minimum absolute atomic E-state index is 0.370. The number of anilines is 2. The van der Waals surface area contributed by atoms with E-state index in [2.05, 4.69) is 10.6 Å². The Morgan fingerprint density at radius 3 is 2.08 bits per heavy atom. The summed E-state index contributed by atoms with van der Waals surface area (Å²) in [5, 5.41) is 5.59. The van der Waals surface area contributed by atoms with Crippen molar-refractivity contribution in [2.24, 2.45) is 5.41 Å². The number of carbonyl (C=O) groups excluding carboxylic acids is 2. The van der Waals surface area contributed by atoms with Gasteiger partial charge in [-0.15, -0.1) is 0 Å². The normalized spacial score (nSPS) is 10.9. The maximum absolute atomic E-state index is 12.6. The summed E-state index contributed by atoms with van der Waals surface area (Å²) in [7, 11) is 1.53. The minimum atomic E-state index is -1.25. The lowest BCUT2D eigenvalue weighted by Crippen LogP contribution is -2.41. The number of amides is 2. The van der Waals surface area contributed by atoms with E-state index >= 15 is 0 Å². The quantitative estimate of drug-likeness (QED) is 0.811. The molecule has 0 unspecified atom stereocenters. The Morgan fingerprint density at radius 1 is 0.920 bits per heavy atom. The first-order valence-electron chi connectivity index (χ1n) is 8.08. The third-order valence-electron chi connectivity index (χ3n) is 3.97. The zero-order valence-electron chi connectivity index (χ0n) is 15.3. The lowest BCUT2D eigenvalue weighted by atomic mass is 9.90. The van der Waals surface area contributed by atoms with Crippen LogP contribution < -0.4 is 15.4 Å². The summed E-state index contributed by atoms with van der Waals surface area (Å²) in [6.45, 7) is 7.11. The Labute approximate surface area is 148 Å². The van der Waals surface area contributed by atoms with Crippen molar-refractivity contribution in [2.75, 3.05) is 17.7 Å². The van der Waals surface area contributed by atoms with Crippen molar-refractivity contribution < 1.29 is 14.3 Å². The summed E-state index contributed by atoms with van der Waals surface area (Å²) in [6, 6.07) is 12.9. The number of hydrogen-bond donors (Lipinski definition) is 2. The van der Waals surface area contributed by atoms with Crippen molar-refractivity contribution >= 4 is 23.2 Å². The second kappa shape index (κ2) is 7.38. The Balaban J connectivity index is 2.15. The molecule has 0 saturated heterocycles. The summed E-state index contributed by atoms with van der Waals surface area (Å²) in [6.07, 6.45) is 0. The van der Waals surface area contributed by atoms with Crippen LogP contribution in [0.3, 0.4) is 0 Å². The number of rotatable bonds is 5. The number of benzene rings is 2.